The number of para-hydroxylation sites is 2. The number of nitrogens with one attached hydrogen (secondary N) is 2. The lowest BCUT2D eigenvalue weighted by molar-refractivity contribution is 0.415. The average molecular weight is 357 g/mol. The highest BCUT2D eigenvalue weighted by molar-refractivity contribution is 5.80. The molecule has 1 aromatic carbocycles. The number of guanidine groups is 1. The maximum Gasteiger partial charge on any atom is 0.191 e. The summed E-state index contributed by atoms with van der Waals surface area (Å²) in [6, 6.07) is 8.48. The number of ether oxygens (including phenoxy) is 1. The third-order valence-corrected chi connectivity index (χ3v) is 4.48. The van der Waals surface area contributed by atoms with E-state index in [-0.39, 0.29) is 0 Å². The standard InChI is InChI=1S/C18H27N7O/c1-4-19-18(20-11-17-21-13-22-24(17)2)23-14-9-10-25(12-14)15-7-5-6-8-16(15)26-3/h5-8,13-14H,4,9-12H2,1-3H3,(H2,19,20,23). The summed E-state index contributed by atoms with van der Waals surface area (Å²) in [4.78, 5) is 11.2. The second-order valence-electron chi connectivity index (χ2n) is 6.24. The van der Waals surface area contributed by atoms with Crippen LogP contribution in [0.25, 0.3) is 0 Å². The second kappa shape index (κ2) is 8.55. The summed E-state index contributed by atoms with van der Waals surface area (Å²) in [6.45, 7) is 5.27. The maximum atomic E-state index is 5.49. The van der Waals surface area contributed by atoms with Gasteiger partial charge in [-0.25, -0.2) is 9.98 Å². The van der Waals surface area contributed by atoms with Crippen LogP contribution in [0.15, 0.2) is 35.6 Å². The minimum atomic E-state index is 0.331. The molecule has 1 atom stereocenters. The SMILES string of the molecule is CCNC(=NCc1ncnn1C)NC1CCN(c2ccccc2OC)C1. The van der Waals surface area contributed by atoms with Crippen LogP contribution >= 0.6 is 0 Å². The van der Waals surface area contributed by atoms with E-state index in [1.807, 2.05) is 25.2 Å². The molecule has 1 aliphatic heterocycles. The van der Waals surface area contributed by atoms with Gasteiger partial charge in [0, 0.05) is 32.7 Å². The van der Waals surface area contributed by atoms with Crippen molar-refractivity contribution in [3.63, 3.8) is 0 Å². The fourth-order valence-corrected chi connectivity index (χ4v) is 3.11. The molecule has 1 unspecified atom stereocenters. The number of aromatic nitrogens is 3. The van der Waals surface area contributed by atoms with Crippen LogP contribution in [0.4, 0.5) is 5.69 Å². The van der Waals surface area contributed by atoms with Crippen LogP contribution < -0.4 is 20.3 Å². The molecule has 2 heterocycles. The normalized spacial score (nSPS) is 17.4. The third kappa shape index (κ3) is 4.25. The van der Waals surface area contributed by atoms with E-state index < -0.39 is 0 Å². The topological polar surface area (TPSA) is 79.6 Å². The second-order valence-corrected chi connectivity index (χ2v) is 6.24. The number of nitrogens with zero attached hydrogens (tertiary/aromatic N) is 5. The van der Waals surface area contributed by atoms with Crippen molar-refractivity contribution in [3.05, 3.63) is 36.4 Å². The lowest BCUT2D eigenvalue weighted by atomic mass is 10.2. The van der Waals surface area contributed by atoms with Gasteiger partial charge in [0.1, 0.15) is 24.4 Å². The molecule has 2 N–H and O–H groups in total. The molecule has 0 aliphatic carbocycles. The fourth-order valence-electron chi connectivity index (χ4n) is 3.11. The first-order valence-electron chi connectivity index (χ1n) is 8.97. The smallest absolute Gasteiger partial charge is 0.191 e. The Labute approximate surface area is 154 Å². The van der Waals surface area contributed by atoms with E-state index in [1.54, 1.807) is 18.1 Å². The Kier molecular flexibility index (Phi) is 5.93. The predicted octanol–water partition coefficient (Wildman–Crippen LogP) is 1.16. The van der Waals surface area contributed by atoms with Gasteiger partial charge in [0.15, 0.2) is 5.96 Å². The summed E-state index contributed by atoms with van der Waals surface area (Å²) >= 11 is 0. The van der Waals surface area contributed by atoms with E-state index in [2.05, 4.69) is 43.6 Å². The molecule has 26 heavy (non-hydrogen) atoms. The van der Waals surface area contributed by atoms with Crippen molar-refractivity contribution < 1.29 is 4.74 Å². The summed E-state index contributed by atoms with van der Waals surface area (Å²) in [6.07, 6.45) is 2.60. The number of hydrogen-bond donors (Lipinski definition) is 2. The van der Waals surface area contributed by atoms with Crippen LogP contribution in [0.2, 0.25) is 0 Å². The number of methoxy groups -OCH3 is 1. The molecule has 8 nitrogen and oxygen atoms in total. The average Bonchev–Trinajstić information content (AvgIpc) is 3.29. The van der Waals surface area contributed by atoms with Gasteiger partial charge >= 0.3 is 0 Å². The highest BCUT2D eigenvalue weighted by Crippen LogP contribution is 2.30. The highest BCUT2D eigenvalue weighted by atomic mass is 16.5. The Bertz CT molecular complexity index is 743. The first kappa shape index (κ1) is 18.0. The molecule has 140 valence electrons. The van der Waals surface area contributed by atoms with Crippen LogP contribution in [0, 0.1) is 0 Å². The van der Waals surface area contributed by atoms with Gasteiger partial charge in [-0.1, -0.05) is 12.1 Å². The zero-order valence-electron chi connectivity index (χ0n) is 15.6. The molecule has 1 aromatic heterocycles. The van der Waals surface area contributed by atoms with E-state index in [1.165, 1.54) is 0 Å². The summed E-state index contributed by atoms with van der Waals surface area (Å²) in [5.41, 5.74) is 1.14. The lowest BCUT2D eigenvalue weighted by Crippen LogP contribution is -2.44. The Morgan fingerprint density at radius 2 is 2.23 bits per heavy atom. The molecular formula is C18H27N7O. The Morgan fingerprint density at radius 3 is 2.96 bits per heavy atom. The van der Waals surface area contributed by atoms with Crippen LogP contribution in [0.1, 0.15) is 19.2 Å². The van der Waals surface area contributed by atoms with Gasteiger partial charge in [-0.3, -0.25) is 4.68 Å². The minimum Gasteiger partial charge on any atom is -0.495 e. The molecule has 2 aromatic rings. The minimum absolute atomic E-state index is 0.331. The van der Waals surface area contributed by atoms with Crippen LogP contribution in [0.5, 0.6) is 5.75 Å². The number of rotatable bonds is 6. The molecule has 0 spiro atoms. The van der Waals surface area contributed by atoms with Crippen molar-refractivity contribution in [2.24, 2.45) is 12.0 Å². The van der Waals surface area contributed by atoms with Gasteiger partial charge < -0.3 is 20.3 Å². The molecule has 1 aliphatic rings. The molecule has 0 amide bonds. The van der Waals surface area contributed by atoms with E-state index >= 15 is 0 Å². The maximum absolute atomic E-state index is 5.49. The fraction of sp³-hybridized carbons (Fsp3) is 0.500. The number of hydrogen-bond acceptors (Lipinski definition) is 5. The zero-order chi connectivity index (χ0) is 18.4. The van der Waals surface area contributed by atoms with Crippen LogP contribution in [-0.2, 0) is 13.6 Å². The number of anilines is 1. The summed E-state index contributed by atoms with van der Waals surface area (Å²) < 4.78 is 7.23. The Hall–Kier alpha value is -2.77. The molecular weight excluding hydrogens is 330 g/mol. The Balaban J connectivity index is 1.62. The highest BCUT2D eigenvalue weighted by Gasteiger charge is 2.25. The molecule has 0 bridgehead atoms. The quantitative estimate of drug-likeness (QED) is 0.597. The first-order chi connectivity index (χ1) is 12.7. The molecule has 0 radical (unpaired) electrons. The molecule has 1 saturated heterocycles. The van der Waals surface area contributed by atoms with E-state index in [9.17, 15) is 0 Å². The van der Waals surface area contributed by atoms with Crippen molar-refractivity contribution >= 4 is 11.6 Å². The van der Waals surface area contributed by atoms with Crippen molar-refractivity contribution in [2.75, 3.05) is 31.6 Å². The van der Waals surface area contributed by atoms with Gasteiger partial charge in [0.2, 0.25) is 0 Å². The predicted molar refractivity (Wildman–Crippen MR) is 103 cm³/mol. The molecule has 8 heteroatoms. The van der Waals surface area contributed by atoms with E-state index in [0.29, 0.717) is 12.6 Å². The summed E-state index contributed by atoms with van der Waals surface area (Å²) in [7, 11) is 3.59. The van der Waals surface area contributed by atoms with Crippen molar-refractivity contribution in [1.82, 2.24) is 25.4 Å². The van der Waals surface area contributed by atoms with Crippen molar-refractivity contribution in [2.45, 2.75) is 25.9 Å². The van der Waals surface area contributed by atoms with Crippen molar-refractivity contribution in [1.29, 1.82) is 0 Å². The number of benzene rings is 1. The largest absolute Gasteiger partial charge is 0.495 e. The van der Waals surface area contributed by atoms with Gasteiger partial charge in [-0.05, 0) is 25.5 Å². The monoisotopic (exact) mass is 357 g/mol. The van der Waals surface area contributed by atoms with Gasteiger partial charge in [0.05, 0.1) is 12.8 Å². The molecule has 3 rings (SSSR count). The third-order valence-electron chi connectivity index (χ3n) is 4.48. The zero-order valence-corrected chi connectivity index (χ0v) is 15.6. The van der Waals surface area contributed by atoms with Gasteiger partial charge in [-0.15, -0.1) is 0 Å². The van der Waals surface area contributed by atoms with Crippen molar-refractivity contribution in [3.8, 4) is 5.75 Å². The van der Waals surface area contributed by atoms with Crippen LogP contribution in [0.3, 0.4) is 0 Å². The molecule has 1 fully saturated rings. The summed E-state index contributed by atoms with van der Waals surface area (Å²) in [5.74, 6) is 2.56. The molecule has 0 saturated carbocycles. The lowest BCUT2D eigenvalue weighted by Gasteiger charge is -2.22. The Morgan fingerprint density at radius 1 is 1.38 bits per heavy atom. The van der Waals surface area contributed by atoms with Gasteiger partial charge in [0.25, 0.3) is 0 Å². The van der Waals surface area contributed by atoms with E-state index in [0.717, 1.165) is 49.3 Å². The number of aliphatic imine (C=N–C) groups is 1. The van der Waals surface area contributed by atoms with Crippen LogP contribution in [-0.4, -0.2) is 53.5 Å². The summed E-state index contributed by atoms with van der Waals surface area (Å²) in [5, 5.41) is 10.9. The van der Waals surface area contributed by atoms with Gasteiger partial charge in [-0.2, -0.15) is 5.10 Å². The number of aryl methyl sites for hydroxylation is 1. The first-order valence-corrected chi connectivity index (χ1v) is 8.97. The van der Waals surface area contributed by atoms with E-state index in [4.69, 9.17) is 4.74 Å².